The third-order valence-electron chi connectivity index (χ3n) is 5.00. The van der Waals surface area contributed by atoms with Gasteiger partial charge in [-0.15, -0.1) is 0 Å². The highest BCUT2D eigenvalue weighted by molar-refractivity contribution is 5.90. The van der Waals surface area contributed by atoms with Crippen molar-refractivity contribution < 1.29 is 23.5 Å². The first-order chi connectivity index (χ1) is 13.0. The largest absolute Gasteiger partial charge is 0.460 e. The van der Waals surface area contributed by atoms with Crippen molar-refractivity contribution in [1.29, 1.82) is 0 Å². The lowest BCUT2D eigenvalue weighted by molar-refractivity contribution is 0.0358. The molecule has 0 radical (unpaired) electrons. The predicted molar refractivity (Wildman–Crippen MR) is 106 cm³/mol. The Morgan fingerprint density at radius 3 is 1.56 bits per heavy atom. The van der Waals surface area contributed by atoms with Gasteiger partial charge in [-0.2, -0.15) is 0 Å². The Labute approximate surface area is 163 Å². The molecule has 0 aromatic carbocycles. The molecule has 27 heavy (non-hydrogen) atoms. The standard InChI is InChI=1S/C22H36O5/c1-5-9-11-17(7-3)15-25-21(23)19-13-14-20(27-19)22(24)26-16-18(8-4)12-10-6-2/h13-14,17-18H,5-12,15-16H2,1-4H3. The fourth-order valence-corrected chi connectivity index (χ4v) is 2.88. The number of furan rings is 1. The van der Waals surface area contributed by atoms with Crippen LogP contribution in [-0.4, -0.2) is 25.2 Å². The second-order valence-corrected chi connectivity index (χ2v) is 7.19. The molecule has 1 aromatic rings. The van der Waals surface area contributed by atoms with Crippen molar-refractivity contribution in [1.82, 2.24) is 0 Å². The van der Waals surface area contributed by atoms with E-state index in [1.165, 1.54) is 12.1 Å². The second kappa shape index (κ2) is 13.4. The van der Waals surface area contributed by atoms with Crippen LogP contribution in [0.2, 0.25) is 0 Å². The van der Waals surface area contributed by atoms with Gasteiger partial charge in [0.05, 0.1) is 13.2 Å². The molecule has 5 nitrogen and oxygen atoms in total. The van der Waals surface area contributed by atoms with Crippen LogP contribution in [0.3, 0.4) is 0 Å². The van der Waals surface area contributed by atoms with Crippen LogP contribution >= 0.6 is 0 Å². The van der Waals surface area contributed by atoms with E-state index in [-0.39, 0.29) is 11.5 Å². The Hall–Kier alpha value is -1.78. The zero-order chi connectivity index (χ0) is 20.1. The van der Waals surface area contributed by atoms with Gasteiger partial charge in [-0.05, 0) is 36.8 Å². The Bertz CT molecular complexity index is 502. The lowest BCUT2D eigenvalue weighted by Gasteiger charge is -2.14. The van der Waals surface area contributed by atoms with Crippen LogP contribution in [0.25, 0.3) is 0 Å². The molecule has 1 rings (SSSR count). The number of carbonyl (C=O) groups is 2. The normalized spacial score (nSPS) is 13.2. The Morgan fingerprint density at radius 1 is 0.815 bits per heavy atom. The molecule has 0 aliphatic carbocycles. The molecule has 2 atom stereocenters. The van der Waals surface area contributed by atoms with Crippen molar-refractivity contribution in [2.75, 3.05) is 13.2 Å². The van der Waals surface area contributed by atoms with E-state index in [0.29, 0.717) is 25.0 Å². The third kappa shape index (κ3) is 8.63. The van der Waals surface area contributed by atoms with Gasteiger partial charge < -0.3 is 13.9 Å². The van der Waals surface area contributed by atoms with Gasteiger partial charge in [-0.3, -0.25) is 0 Å². The van der Waals surface area contributed by atoms with Crippen LogP contribution in [0.5, 0.6) is 0 Å². The first-order valence-corrected chi connectivity index (χ1v) is 10.5. The molecule has 1 aromatic heterocycles. The topological polar surface area (TPSA) is 65.7 Å². The van der Waals surface area contributed by atoms with E-state index in [2.05, 4.69) is 27.7 Å². The van der Waals surface area contributed by atoms with Crippen molar-refractivity contribution >= 4 is 11.9 Å². The zero-order valence-electron chi connectivity index (χ0n) is 17.4. The van der Waals surface area contributed by atoms with Gasteiger partial charge in [0, 0.05) is 0 Å². The molecule has 0 fully saturated rings. The van der Waals surface area contributed by atoms with Crippen molar-refractivity contribution in [2.45, 2.75) is 79.1 Å². The number of esters is 2. The molecule has 0 aliphatic rings. The van der Waals surface area contributed by atoms with E-state index < -0.39 is 11.9 Å². The molecule has 0 saturated carbocycles. The Balaban J connectivity index is 2.48. The van der Waals surface area contributed by atoms with Crippen LogP contribution in [-0.2, 0) is 9.47 Å². The lowest BCUT2D eigenvalue weighted by Crippen LogP contribution is -2.14. The maximum atomic E-state index is 12.1. The van der Waals surface area contributed by atoms with Crippen molar-refractivity contribution in [2.24, 2.45) is 11.8 Å². The smallest absolute Gasteiger partial charge is 0.374 e. The minimum atomic E-state index is -0.529. The second-order valence-electron chi connectivity index (χ2n) is 7.19. The summed E-state index contributed by atoms with van der Waals surface area (Å²) < 4.78 is 16.0. The number of unbranched alkanes of at least 4 members (excludes halogenated alkanes) is 2. The Kier molecular flexibility index (Phi) is 11.5. The highest BCUT2D eigenvalue weighted by Gasteiger charge is 2.20. The molecule has 0 N–H and O–H groups in total. The maximum absolute atomic E-state index is 12.1. The molecule has 154 valence electrons. The Morgan fingerprint density at radius 2 is 1.22 bits per heavy atom. The minimum Gasteiger partial charge on any atom is -0.460 e. The van der Waals surface area contributed by atoms with E-state index in [1.54, 1.807) is 0 Å². The minimum absolute atomic E-state index is 0.0466. The monoisotopic (exact) mass is 380 g/mol. The summed E-state index contributed by atoms with van der Waals surface area (Å²) in [6.07, 6.45) is 8.56. The summed E-state index contributed by atoms with van der Waals surface area (Å²) in [5.41, 5.74) is 0. The van der Waals surface area contributed by atoms with Gasteiger partial charge in [-0.25, -0.2) is 9.59 Å². The number of hydrogen-bond acceptors (Lipinski definition) is 5. The van der Waals surface area contributed by atoms with Gasteiger partial charge in [0.1, 0.15) is 0 Å². The molecule has 0 bridgehead atoms. The molecule has 0 spiro atoms. The summed E-state index contributed by atoms with van der Waals surface area (Å²) in [6, 6.07) is 2.95. The summed E-state index contributed by atoms with van der Waals surface area (Å²) >= 11 is 0. The van der Waals surface area contributed by atoms with Crippen molar-refractivity contribution in [3.05, 3.63) is 23.7 Å². The average Bonchev–Trinajstić information content (AvgIpc) is 3.18. The summed E-state index contributed by atoms with van der Waals surface area (Å²) in [6.45, 7) is 9.25. The van der Waals surface area contributed by atoms with E-state index in [9.17, 15) is 9.59 Å². The average molecular weight is 381 g/mol. The highest BCUT2D eigenvalue weighted by Crippen LogP contribution is 2.17. The SMILES string of the molecule is CCCCC(CC)COC(=O)c1ccc(C(=O)OCC(CC)CCCC)o1. The number of ether oxygens (including phenoxy) is 2. The number of hydrogen-bond donors (Lipinski definition) is 0. The van der Waals surface area contributed by atoms with Gasteiger partial charge >= 0.3 is 11.9 Å². The summed E-state index contributed by atoms with van der Waals surface area (Å²) in [5.74, 6) is -0.239. The zero-order valence-corrected chi connectivity index (χ0v) is 17.4. The van der Waals surface area contributed by atoms with Crippen molar-refractivity contribution in [3.8, 4) is 0 Å². The molecule has 0 aliphatic heterocycles. The molecule has 0 amide bonds. The van der Waals surface area contributed by atoms with Crippen LogP contribution in [0, 0.1) is 11.8 Å². The third-order valence-corrected chi connectivity index (χ3v) is 5.00. The van der Waals surface area contributed by atoms with Crippen molar-refractivity contribution in [3.63, 3.8) is 0 Å². The van der Waals surface area contributed by atoms with Gasteiger partial charge in [0.15, 0.2) is 0 Å². The van der Waals surface area contributed by atoms with E-state index in [1.807, 2.05) is 0 Å². The van der Waals surface area contributed by atoms with Gasteiger partial charge in [0.25, 0.3) is 0 Å². The maximum Gasteiger partial charge on any atom is 0.374 e. The molecule has 0 saturated heterocycles. The summed E-state index contributed by atoms with van der Waals surface area (Å²) in [7, 11) is 0. The van der Waals surface area contributed by atoms with Crippen LogP contribution in [0.1, 0.15) is 100 Å². The molecule has 2 unspecified atom stereocenters. The lowest BCUT2D eigenvalue weighted by atomic mass is 10.0. The molecular formula is C22H36O5. The van der Waals surface area contributed by atoms with E-state index in [4.69, 9.17) is 13.9 Å². The summed E-state index contributed by atoms with van der Waals surface area (Å²) in [4.78, 5) is 24.3. The predicted octanol–water partition coefficient (Wildman–Crippen LogP) is 6.03. The highest BCUT2D eigenvalue weighted by atomic mass is 16.6. The van der Waals surface area contributed by atoms with E-state index in [0.717, 1.165) is 51.4 Å². The molecular weight excluding hydrogens is 344 g/mol. The van der Waals surface area contributed by atoms with Gasteiger partial charge in [0.2, 0.25) is 11.5 Å². The fraction of sp³-hybridized carbons (Fsp3) is 0.727. The fourth-order valence-electron chi connectivity index (χ4n) is 2.88. The van der Waals surface area contributed by atoms with Crippen LogP contribution in [0.15, 0.2) is 16.5 Å². The number of rotatable bonds is 14. The number of carbonyl (C=O) groups excluding carboxylic acids is 2. The molecule has 1 heterocycles. The first kappa shape index (κ1) is 23.3. The van der Waals surface area contributed by atoms with E-state index >= 15 is 0 Å². The van der Waals surface area contributed by atoms with Gasteiger partial charge in [-0.1, -0.05) is 66.2 Å². The quantitative estimate of drug-likeness (QED) is 0.369. The first-order valence-electron chi connectivity index (χ1n) is 10.5. The van der Waals surface area contributed by atoms with Crippen LogP contribution < -0.4 is 0 Å². The molecule has 5 heteroatoms. The summed E-state index contributed by atoms with van der Waals surface area (Å²) in [5, 5.41) is 0. The van der Waals surface area contributed by atoms with Crippen LogP contribution in [0.4, 0.5) is 0 Å².